The Bertz CT molecular complexity index is 681. The molecule has 0 radical (unpaired) electrons. The molecular formula is C18H19NO4. The van der Waals surface area contributed by atoms with Crippen molar-refractivity contribution in [3.8, 4) is 11.5 Å². The van der Waals surface area contributed by atoms with Crippen LogP contribution in [0.25, 0.3) is 0 Å². The molecule has 120 valence electrons. The molecule has 23 heavy (non-hydrogen) atoms. The number of phenols is 2. The largest absolute Gasteiger partial charge is 0.508 e. The number of carboxylic acids is 1. The summed E-state index contributed by atoms with van der Waals surface area (Å²) in [6, 6.07) is 14.2. The summed E-state index contributed by atoms with van der Waals surface area (Å²) in [5.41, 5.74) is 1.20. The summed E-state index contributed by atoms with van der Waals surface area (Å²) in [6.45, 7) is 0.586. The van der Waals surface area contributed by atoms with Crippen LogP contribution in [0.3, 0.4) is 0 Å². The Kier molecular flexibility index (Phi) is 3.96. The first-order valence-corrected chi connectivity index (χ1v) is 7.51. The standard InChI is InChI=1S/C18H19NO4/c20-15-7-3-1-5-13(15)9-18(12-19(18)11-17(22)23)10-14-6-2-4-8-16(14)21/h1-8,20-21H,9-12H2,(H,22,23). The SMILES string of the molecule is O=C(O)CN1CC1(Cc1ccccc1O)Cc1ccccc1O. The monoisotopic (exact) mass is 313 g/mol. The number of hydrogen-bond acceptors (Lipinski definition) is 4. The van der Waals surface area contributed by atoms with Crippen molar-refractivity contribution < 1.29 is 20.1 Å². The average molecular weight is 313 g/mol. The summed E-state index contributed by atoms with van der Waals surface area (Å²) in [5, 5.41) is 29.1. The maximum atomic E-state index is 11.0. The van der Waals surface area contributed by atoms with E-state index in [9.17, 15) is 15.0 Å². The van der Waals surface area contributed by atoms with Crippen molar-refractivity contribution in [2.24, 2.45) is 0 Å². The van der Waals surface area contributed by atoms with Crippen molar-refractivity contribution in [3.63, 3.8) is 0 Å². The molecule has 0 amide bonds. The number of carbonyl (C=O) groups is 1. The van der Waals surface area contributed by atoms with Crippen LogP contribution in [-0.2, 0) is 17.6 Å². The maximum Gasteiger partial charge on any atom is 0.317 e. The molecule has 1 fully saturated rings. The van der Waals surface area contributed by atoms with Gasteiger partial charge in [-0.3, -0.25) is 9.69 Å². The Labute approximate surface area is 134 Å². The fourth-order valence-electron chi connectivity index (χ4n) is 3.13. The molecule has 0 bridgehead atoms. The molecule has 0 aliphatic carbocycles. The molecule has 5 nitrogen and oxygen atoms in total. The lowest BCUT2D eigenvalue weighted by atomic mass is 9.91. The van der Waals surface area contributed by atoms with Crippen molar-refractivity contribution >= 4 is 5.97 Å². The van der Waals surface area contributed by atoms with E-state index in [1.807, 2.05) is 29.2 Å². The highest BCUT2D eigenvalue weighted by Crippen LogP contribution is 2.41. The first-order valence-electron chi connectivity index (χ1n) is 7.51. The van der Waals surface area contributed by atoms with E-state index in [0.717, 1.165) is 11.1 Å². The molecule has 1 atom stereocenters. The average Bonchev–Trinajstić information content (AvgIpc) is 3.15. The smallest absolute Gasteiger partial charge is 0.317 e. The Morgan fingerprint density at radius 1 is 0.957 bits per heavy atom. The first-order chi connectivity index (χ1) is 11.0. The van der Waals surface area contributed by atoms with Crippen LogP contribution in [0.2, 0.25) is 0 Å². The van der Waals surface area contributed by atoms with Crippen molar-refractivity contribution in [2.75, 3.05) is 13.1 Å². The van der Waals surface area contributed by atoms with Crippen LogP contribution >= 0.6 is 0 Å². The first kappa shape index (κ1) is 15.4. The molecule has 5 heteroatoms. The Morgan fingerprint density at radius 3 is 1.87 bits per heavy atom. The van der Waals surface area contributed by atoms with E-state index >= 15 is 0 Å². The van der Waals surface area contributed by atoms with Gasteiger partial charge >= 0.3 is 5.97 Å². The number of nitrogens with zero attached hydrogens (tertiary/aromatic N) is 1. The van der Waals surface area contributed by atoms with E-state index in [1.165, 1.54) is 0 Å². The van der Waals surface area contributed by atoms with Crippen LogP contribution < -0.4 is 0 Å². The highest BCUT2D eigenvalue weighted by Gasteiger charge is 2.52. The van der Waals surface area contributed by atoms with Gasteiger partial charge in [0.15, 0.2) is 0 Å². The maximum absolute atomic E-state index is 11.0. The van der Waals surface area contributed by atoms with Gasteiger partial charge in [-0.1, -0.05) is 36.4 Å². The van der Waals surface area contributed by atoms with Gasteiger partial charge in [-0.2, -0.15) is 0 Å². The van der Waals surface area contributed by atoms with Crippen LogP contribution in [0.1, 0.15) is 11.1 Å². The zero-order chi connectivity index (χ0) is 16.4. The highest BCUT2D eigenvalue weighted by molar-refractivity contribution is 5.70. The second-order valence-corrected chi connectivity index (χ2v) is 6.09. The van der Waals surface area contributed by atoms with Crippen LogP contribution in [0.5, 0.6) is 11.5 Å². The second-order valence-electron chi connectivity index (χ2n) is 6.09. The predicted octanol–water partition coefficient (Wildman–Crippen LogP) is 2.02. The van der Waals surface area contributed by atoms with Crippen molar-refractivity contribution in [1.82, 2.24) is 4.90 Å². The summed E-state index contributed by atoms with van der Waals surface area (Å²) in [7, 11) is 0. The number of aromatic hydroxyl groups is 2. The van der Waals surface area contributed by atoms with Gasteiger partial charge < -0.3 is 15.3 Å². The lowest BCUT2D eigenvalue weighted by Gasteiger charge is -2.19. The molecule has 3 N–H and O–H groups in total. The molecule has 1 aliphatic rings. The fraction of sp³-hybridized carbons (Fsp3) is 0.278. The zero-order valence-corrected chi connectivity index (χ0v) is 12.6. The molecule has 2 aromatic carbocycles. The van der Waals surface area contributed by atoms with E-state index in [1.54, 1.807) is 24.3 Å². The van der Waals surface area contributed by atoms with Crippen molar-refractivity contribution in [1.29, 1.82) is 0 Å². The van der Waals surface area contributed by atoms with Gasteiger partial charge in [0.2, 0.25) is 0 Å². The van der Waals surface area contributed by atoms with Gasteiger partial charge in [0.05, 0.1) is 6.54 Å². The van der Waals surface area contributed by atoms with Crippen molar-refractivity contribution in [3.05, 3.63) is 59.7 Å². The number of hydrogen-bond donors (Lipinski definition) is 3. The molecule has 0 aromatic heterocycles. The molecule has 1 unspecified atom stereocenters. The summed E-state index contributed by atoms with van der Waals surface area (Å²) in [4.78, 5) is 12.9. The summed E-state index contributed by atoms with van der Waals surface area (Å²) in [6.07, 6.45) is 1.09. The third-order valence-electron chi connectivity index (χ3n) is 4.40. The quantitative estimate of drug-likeness (QED) is 0.711. The summed E-state index contributed by atoms with van der Waals surface area (Å²) in [5.74, 6) is -0.445. The zero-order valence-electron chi connectivity index (χ0n) is 12.6. The molecule has 1 heterocycles. The highest BCUT2D eigenvalue weighted by atomic mass is 16.4. The number of carboxylic acid groups (broad SMARTS) is 1. The van der Waals surface area contributed by atoms with Gasteiger partial charge in [0.25, 0.3) is 0 Å². The summed E-state index contributed by atoms with van der Waals surface area (Å²) < 4.78 is 0. The van der Waals surface area contributed by atoms with Crippen molar-refractivity contribution in [2.45, 2.75) is 18.4 Å². The van der Waals surface area contributed by atoms with Crippen LogP contribution in [0.4, 0.5) is 0 Å². The molecule has 3 rings (SSSR count). The number of aliphatic carboxylic acids is 1. The van der Waals surface area contributed by atoms with Gasteiger partial charge in [0, 0.05) is 12.1 Å². The molecule has 1 aliphatic heterocycles. The molecule has 2 aromatic rings. The second kappa shape index (κ2) is 5.93. The number of para-hydroxylation sites is 2. The van der Waals surface area contributed by atoms with Gasteiger partial charge in [-0.25, -0.2) is 0 Å². The van der Waals surface area contributed by atoms with Gasteiger partial charge in [-0.05, 0) is 36.1 Å². The number of rotatable bonds is 6. The van der Waals surface area contributed by atoms with Gasteiger partial charge in [-0.15, -0.1) is 0 Å². The van der Waals surface area contributed by atoms with Crippen LogP contribution in [0.15, 0.2) is 48.5 Å². The molecule has 0 spiro atoms. The summed E-state index contributed by atoms with van der Waals surface area (Å²) >= 11 is 0. The normalized spacial score (nSPS) is 18.5. The Morgan fingerprint density at radius 2 is 1.43 bits per heavy atom. The minimum Gasteiger partial charge on any atom is -0.508 e. The topological polar surface area (TPSA) is 80.8 Å². The minimum atomic E-state index is -0.874. The third kappa shape index (κ3) is 3.29. The molecule has 0 saturated carbocycles. The Balaban J connectivity index is 1.86. The fourth-order valence-corrected chi connectivity index (χ4v) is 3.13. The number of benzene rings is 2. The lowest BCUT2D eigenvalue weighted by Crippen LogP contribution is -2.28. The molecular weight excluding hydrogens is 294 g/mol. The van der Waals surface area contributed by atoms with E-state index in [0.29, 0.717) is 19.4 Å². The minimum absolute atomic E-state index is 0.0405. The third-order valence-corrected chi connectivity index (χ3v) is 4.40. The van der Waals surface area contributed by atoms with Crippen LogP contribution in [-0.4, -0.2) is 44.8 Å². The molecule has 1 saturated heterocycles. The van der Waals surface area contributed by atoms with E-state index in [2.05, 4.69) is 0 Å². The van der Waals surface area contributed by atoms with E-state index in [-0.39, 0.29) is 23.6 Å². The van der Waals surface area contributed by atoms with Crippen LogP contribution in [0, 0.1) is 0 Å². The lowest BCUT2D eigenvalue weighted by molar-refractivity contribution is -0.137. The van der Waals surface area contributed by atoms with Gasteiger partial charge in [0.1, 0.15) is 11.5 Å². The predicted molar refractivity (Wildman–Crippen MR) is 85.6 cm³/mol. The number of phenolic OH excluding ortho intramolecular Hbond substituents is 2. The van der Waals surface area contributed by atoms with E-state index < -0.39 is 5.97 Å². The Hall–Kier alpha value is -2.53. The van der Waals surface area contributed by atoms with E-state index in [4.69, 9.17) is 5.11 Å².